The molecule has 5 heteroatoms. The van der Waals surface area contributed by atoms with Crippen LogP contribution in [0.15, 0.2) is 23.7 Å². The molecule has 102 valence electrons. The second kappa shape index (κ2) is 7.09. The first-order valence-corrected chi connectivity index (χ1v) is 7.40. The van der Waals surface area contributed by atoms with Crippen molar-refractivity contribution in [1.82, 2.24) is 9.97 Å². The first-order valence-electron chi connectivity index (χ1n) is 6.52. The number of anilines is 1. The van der Waals surface area contributed by atoms with Crippen molar-refractivity contribution in [2.45, 2.75) is 26.7 Å². The highest BCUT2D eigenvalue weighted by molar-refractivity contribution is 7.09. The Morgan fingerprint density at radius 3 is 3.00 bits per heavy atom. The molecule has 2 aromatic heterocycles. The molecule has 0 saturated carbocycles. The first kappa shape index (κ1) is 13.8. The van der Waals surface area contributed by atoms with Gasteiger partial charge in [-0.2, -0.15) is 4.98 Å². The van der Waals surface area contributed by atoms with E-state index >= 15 is 0 Å². The highest BCUT2D eigenvalue weighted by Crippen LogP contribution is 2.15. The molecule has 4 nitrogen and oxygen atoms in total. The zero-order valence-corrected chi connectivity index (χ0v) is 12.2. The number of hydrogen-bond donors (Lipinski definition) is 1. The van der Waals surface area contributed by atoms with E-state index in [9.17, 15) is 0 Å². The van der Waals surface area contributed by atoms with E-state index < -0.39 is 0 Å². The van der Waals surface area contributed by atoms with Gasteiger partial charge in [0.2, 0.25) is 5.88 Å². The monoisotopic (exact) mass is 277 g/mol. The molecule has 0 fully saturated rings. The molecule has 0 aliphatic carbocycles. The van der Waals surface area contributed by atoms with Crippen LogP contribution in [0.1, 0.15) is 23.9 Å². The molecule has 0 saturated heterocycles. The van der Waals surface area contributed by atoms with Gasteiger partial charge in [0.05, 0.1) is 17.8 Å². The van der Waals surface area contributed by atoms with Crippen molar-refractivity contribution in [2.75, 3.05) is 18.5 Å². The fourth-order valence-electron chi connectivity index (χ4n) is 1.66. The number of hydrogen-bond acceptors (Lipinski definition) is 5. The van der Waals surface area contributed by atoms with Crippen molar-refractivity contribution in [2.24, 2.45) is 0 Å². The van der Waals surface area contributed by atoms with Crippen molar-refractivity contribution in [3.63, 3.8) is 0 Å². The van der Waals surface area contributed by atoms with E-state index in [-0.39, 0.29) is 0 Å². The number of pyridine rings is 1. The molecule has 0 bridgehead atoms. The van der Waals surface area contributed by atoms with Gasteiger partial charge in [0.25, 0.3) is 0 Å². The van der Waals surface area contributed by atoms with E-state index in [0.717, 1.165) is 30.9 Å². The molecule has 0 aliphatic rings. The van der Waals surface area contributed by atoms with Gasteiger partial charge >= 0.3 is 0 Å². The van der Waals surface area contributed by atoms with Crippen LogP contribution in [0, 0.1) is 6.92 Å². The molecule has 0 atom stereocenters. The molecule has 0 aliphatic heterocycles. The van der Waals surface area contributed by atoms with Gasteiger partial charge in [0.15, 0.2) is 0 Å². The number of rotatable bonds is 7. The SMILES string of the molecule is CCCNc1cccc(OCCc2scnc2C)n1. The predicted octanol–water partition coefficient (Wildman–Crippen LogP) is 3.29. The van der Waals surface area contributed by atoms with E-state index in [1.807, 2.05) is 30.6 Å². The summed E-state index contributed by atoms with van der Waals surface area (Å²) in [5, 5.41) is 3.25. The zero-order chi connectivity index (χ0) is 13.5. The average Bonchev–Trinajstić information content (AvgIpc) is 2.83. The standard InChI is InChI=1S/C14H19N3OS/c1-3-8-15-13-5-4-6-14(17-13)18-9-7-12-11(2)16-10-19-12/h4-6,10H,3,7-9H2,1-2H3,(H,15,17). The minimum Gasteiger partial charge on any atom is -0.477 e. The molecule has 2 aromatic rings. The molecule has 2 heterocycles. The Bertz CT molecular complexity index is 513. The van der Waals surface area contributed by atoms with E-state index in [1.54, 1.807) is 11.3 Å². The normalized spacial score (nSPS) is 10.4. The van der Waals surface area contributed by atoms with Gasteiger partial charge in [-0.3, -0.25) is 0 Å². The molecule has 0 unspecified atom stereocenters. The topological polar surface area (TPSA) is 47.0 Å². The van der Waals surface area contributed by atoms with Gasteiger partial charge in [0.1, 0.15) is 5.82 Å². The van der Waals surface area contributed by atoms with Crippen LogP contribution in [-0.2, 0) is 6.42 Å². The number of aromatic nitrogens is 2. The van der Waals surface area contributed by atoms with E-state index in [4.69, 9.17) is 4.74 Å². The summed E-state index contributed by atoms with van der Waals surface area (Å²) < 4.78 is 5.68. The largest absolute Gasteiger partial charge is 0.477 e. The van der Waals surface area contributed by atoms with Crippen LogP contribution >= 0.6 is 11.3 Å². The Hall–Kier alpha value is -1.62. The van der Waals surface area contributed by atoms with Crippen LogP contribution in [0.2, 0.25) is 0 Å². The molecule has 0 spiro atoms. The summed E-state index contributed by atoms with van der Waals surface area (Å²) in [6.45, 7) is 5.72. The second-order valence-electron chi connectivity index (χ2n) is 4.25. The number of ether oxygens (including phenoxy) is 1. The Morgan fingerprint density at radius 2 is 2.26 bits per heavy atom. The van der Waals surface area contributed by atoms with Crippen LogP contribution in [0.5, 0.6) is 5.88 Å². The summed E-state index contributed by atoms with van der Waals surface area (Å²) in [5.74, 6) is 1.54. The maximum Gasteiger partial charge on any atom is 0.215 e. The van der Waals surface area contributed by atoms with Gasteiger partial charge in [-0.25, -0.2) is 4.98 Å². The third kappa shape index (κ3) is 4.21. The molecule has 0 aromatic carbocycles. The van der Waals surface area contributed by atoms with Gasteiger partial charge < -0.3 is 10.1 Å². The first-order chi connectivity index (χ1) is 9.29. The predicted molar refractivity (Wildman–Crippen MR) is 79.1 cm³/mol. The molecule has 1 N–H and O–H groups in total. The minimum atomic E-state index is 0.632. The summed E-state index contributed by atoms with van der Waals surface area (Å²) in [6.07, 6.45) is 1.96. The second-order valence-corrected chi connectivity index (χ2v) is 5.19. The number of nitrogens with one attached hydrogen (secondary N) is 1. The quantitative estimate of drug-likeness (QED) is 0.843. The Morgan fingerprint density at radius 1 is 1.37 bits per heavy atom. The van der Waals surface area contributed by atoms with Gasteiger partial charge in [-0.1, -0.05) is 13.0 Å². The van der Waals surface area contributed by atoms with Gasteiger partial charge in [-0.15, -0.1) is 11.3 Å². The lowest BCUT2D eigenvalue weighted by Crippen LogP contribution is -2.05. The van der Waals surface area contributed by atoms with E-state index in [0.29, 0.717) is 12.5 Å². The van der Waals surface area contributed by atoms with Crippen molar-refractivity contribution in [3.05, 3.63) is 34.3 Å². The smallest absolute Gasteiger partial charge is 0.215 e. The molecule has 19 heavy (non-hydrogen) atoms. The van der Waals surface area contributed by atoms with Crippen LogP contribution in [-0.4, -0.2) is 23.1 Å². The molecular weight excluding hydrogens is 258 g/mol. The number of aryl methyl sites for hydroxylation is 1. The van der Waals surface area contributed by atoms with Crippen LogP contribution in [0.3, 0.4) is 0 Å². The maximum absolute atomic E-state index is 5.68. The summed E-state index contributed by atoms with van der Waals surface area (Å²) in [4.78, 5) is 9.91. The highest BCUT2D eigenvalue weighted by atomic mass is 32.1. The van der Waals surface area contributed by atoms with Crippen molar-refractivity contribution in [3.8, 4) is 5.88 Å². The third-order valence-electron chi connectivity index (χ3n) is 2.70. The molecule has 2 rings (SSSR count). The lowest BCUT2D eigenvalue weighted by atomic mass is 10.3. The van der Waals surface area contributed by atoms with Gasteiger partial charge in [0, 0.05) is 23.9 Å². The fourth-order valence-corrected chi connectivity index (χ4v) is 2.42. The van der Waals surface area contributed by atoms with Crippen molar-refractivity contribution < 1.29 is 4.74 Å². The minimum absolute atomic E-state index is 0.632. The van der Waals surface area contributed by atoms with E-state index in [2.05, 4.69) is 22.2 Å². The molecule has 0 amide bonds. The average molecular weight is 277 g/mol. The number of thiazole rings is 1. The highest BCUT2D eigenvalue weighted by Gasteiger charge is 2.03. The van der Waals surface area contributed by atoms with Crippen LogP contribution in [0.4, 0.5) is 5.82 Å². The van der Waals surface area contributed by atoms with E-state index in [1.165, 1.54) is 4.88 Å². The lowest BCUT2D eigenvalue weighted by molar-refractivity contribution is 0.310. The number of nitrogens with zero attached hydrogens (tertiary/aromatic N) is 2. The Labute approximate surface area is 117 Å². The van der Waals surface area contributed by atoms with Crippen LogP contribution < -0.4 is 10.1 Å². The fraction of sp³-hybridized carbons (Fsp3) is 0.429. The summed E-state index contributed by atoms with van der Waals surface area (Å²) in [7, 11) is 0. The molecular formula is C14H19N3OS. The lowest BCUT2D eigenvalue weighted by Gasteiger charge is -2.07. The summed E-state index contributed by atoms with van der Waals surface area (Å²) in [6, 6.07) is 5.80. The maximum atomic E-state index is 5.68. The van der Waals surface area contributed by atoms with Gasteiger partial charge in [-0.05, 0) is 19.4 Å². The van der Waals surface area contributed by atoms with Crippen molar-refractivity contribution in [1.29, 1.82) is 0 Å². The molecule has 0 radical (unpaired) electrons. The Balaban J connectivity index is 1.84. The van der Waals surface area contributed by atoms with Crippen LogP contribution in [0.25, 0.3) is 0 Å². The zero-order valence-electron chi connectivity index (χ0n) is 11.3. The summed E-state index contributed by atoms with van der Waals surface area (Å²) in [5.41, 5.74) is 2.97. The summed E-state index contributed by atoms with van der Waals surface area (Å²) >= 11 is 1.68. The van der Waals surface area contributed by atoms with Crippen molar-refractivity contribution >= 4 is 17.2 Å². The third-order valence-corrected chi connectivity index (χ3v) is 3.70. The Kier molecular flexibility index (Phi) is 5.15.